The first-order valence-corrected chi connectivity index (χ1v) is 11.7. The van der Waals surface area contributed by atoms with Gasteiger partial charge in [-0.2, -0.15) is 5.10 Å². The largest absolute Gasteiger partial charge is 0.492 e. The molecule has 2 N–H and O–H groups in total. The number of hydrogen-bond acceptors (Lipinski definition) is 7. The predicted octanol–water partition coefficient (Wildman–Crippen LogP) is 4.70. The van der Waals surface area contributed by atoms with Crippen molar-refractivity contribution in [1.29, 1.82) is 0 Å². The molecule has 184 valence electrons. The highest BCUT2D eigenvalue weighted by Gasteiger charge is 2.18. The second-order valence-corrected chi connectivity index (χ2v) is 8.87. The monoisotopic (exact) mass is 494 g/mol. The van der Waals surface area contributed by atoms with Crippen LogP contribution in [0.25, 0.3) is 56.1 Å². The molecule has 0 saturated carbocycles. The van der Waals surface area contributed by atoms with Gasteiger partial charge in [-0.3, -0.25) is 15.1 Å². The van der Waals surface area contributed by atoms with Gasteiger partial charge in [-0.1, -0.05) is 0 Å². The lowest BCUT2D eigenvalue weighted by Crippen LogP contribution is -2.19. The average Bonchev–Trinajstić information content (AvgIpc) is 3.52. The summed E-state index contributed by atoms with van der Waals surface area (Å²) in [6.07, 6.45) is 5.13. The number of fused-ring (bicyclic) bond motifs is 2. The van der Waals surface area contributed by atoms with E-state index in [1.807, 2.05) is 49.3 Å². The van der Waals surface area contributed by atoms with E-state index in [1.54, 1.807) is 24.7 Å². The van der Waals surface area contributed by atoms with Gasteiger partial charge < -0.3 is 14.6 Å². The molecule has 6 rings (SSSR count). The van der Waals surface area contributed by atoms with Gasteiger partial charge in [0.05, 0.1) is 22.4 Å². The van der Waals surface area contributed by atoms with Crippen LogP contribution in [0.1, 0.15) is 0 Å². The number of aromatic nitrogens is 7. The van der Waals surface area contributed by atoms with E-state index in [9.17, 15) is 4.39 Å². The number of H-pyrrole nitrogens is 2. The van der Waals surface area contributed by atoms with Gasteiger partial charge in [0.15, 0.2) is 11.5 Å². The Hall–Kier alpha value is -4.70. The second kappa shape index (κ2) is 9.40. The molecule has 1 aromatic carbocycles. The summed E-state index contributed by atoms with van der Waals surface area (Å²) < 4.78 is 20.3. The second-order valence-electron chi connectivity index (χ2n) is 8.87. The Bertz CT molecular complexity index is 1710. The van der Waals surface area contributed by atoms with E-state index in [-0.39, 0.29) is 0 Å². The van der Waals surface area contributed by atoms with Crippen molar-refractivity contribution in [3.8, 4) is 39.8 Å². The van der Waals surface area contributed by atoms with Crippen LogP contribution in [0.15, 0.2) is 67.1 Å². The molecule has 0 atom stereocenters. The van der Waals surface area contributed by atoms with Crippen LogP contribution in [-0.4, -0.2) is 67.3 Å². The van der Waals surface area contributed by atoms with Gasteiger partial charge in [0.1, 0.15) is 29.2 Å². The van der Waals surface area contributed by atoms with Gasteiger partial charge in [-0.05, 0) is 56.6 Å². The van der Waals surface area contributed by atoms with Crippen molar-refractivity contribution in [1.82, 2.24) is 40.0 Å². The van der Waals surface area contributed by atoms with Gasteiger partial charge in [0.2, 0.25) is 0 Å². The fraction of sp³-hybridized carbons (Fsp3) is 0.148. The minimum Gasteiger partial charge on any atom is -0.492 e. The van der Waals surface area contributed by atoms with E-state index >= 15 is 0 Å². The van der Waals surface area contributed by atoms with Gasteiger partial charge in [-0.15, -0.1) is 0 Å². The van der Waals surface area contributed by atoms with E-state index < -0.39 is 5.82 Å². The highest BCUT2D eigenvalue weighted by molar-refractivity contribution is 5.95. The van der Waals surface area contributed by atoms with Crippen molar-refractivity contribution >= 4 is 22.1 Å². The molecule has 0 aliphatic rings. The fourth-order valence-corrected chi connectivity index (χ4v) is 4.14. The van der Waals surface area contributed by atoms with Gasteiger partial charge in [0, 0.05) is 42.3 Å². The molecule has 0 spiro atoms. The molecule has 0 aliphatic carbocycles. The summed E-state index contributed by atoms with van der Waals surface area (Å²) in [6.45, 7) is 1.16. The van der Waals surface area contributed by atoms with Crippen molar-refractivity contribution in [3.63, 3.8) is 0 Å². The van der Waals surface area contributed by atoms with E-state index in [4.69, 9.17) is 14.7 Å². The standard InChI is InChI=1S/C27H23FN8O/c1-36(2)11-12-37-19-14-17(13-18(28)15-19)23-24-21(7-10-30-23)32-27(33-24)26-25-22(34-35-26)4-3-20(31-25)16-5-8-29-9-6-16/h3-10,13-15H,11-12H2,1-2H3,(H,32,33)(H,34,35). The number of imidazole rings is 1. The minimum absolute atomic E-state index is 0.405. The molecular weight excluding hydrogens is 471 g/mol. The van der Waals surface area contributed by atoms with E-state index in [2.05, 4.69) is 25.1 Å². The maximum absolute atomic E-state index is 14.5. The Morgan fingerprint density at radius 2 is 1.70 bits per heavy atom. The van der Waals surface area contributed by atoms with Crippen LogP contribution in [0.4, 0.5) is 4.39 Å². The number of pyridine rings is 3. The van der Waals surface area contributed by atoms with Crippen LogP contribution in [0.3, 0.4) is 0 Å². The molecule has 9 nitrogen and oxygen atoms in total. The smallest absolute Gasteiger partial charge is 0.161 e. The summed E-state index contributed by atoms with van der Waals surface area (Å²) in [6, 6.07) is 14.1. The van der Waals surface area contributed by atoms with Crippen molar-refractivity contribution in [2.45, 2.75) is 0 Å². The zero-order chi connectivity index (χ0) is 25.4. The Balaban J connectivity index is 1.41. The van der Waals surface area contributed by atoms with Crippen LogP contribution in [0.5, 0.6) is 5.75 Å². The predicted molar refractivity (Wildman–Crippen MR) is 139 cm³/mol. The number of benzene rings is 1. The van der Waals surface area contributed by atoms with Crippen molar-refractivity contribution < 1.29 is 9.13 Å². The molecule has 6 aromatic rings. The highest BCUT2D eigenvalue weighted by Crippen LogP contribution is 2.32. The topological polar surface area (TPSA) is 108 Å². The molecule has 0 fully saturated rings. The summed E-state index contributed by atoms with van der Waals surface area (Å²) in [5.74, 6) is 0.573. The first-order valence-electron chi connectivity index (χ1n) is 11.7. The number of likely N-dealkylation sites (N-methyl/N-ethyl adjacent to an activating group) is 1. The molecule has 0 unspecified atom stereocenters. The molecule has 0 aliphatic heterocycles. The zero-order valence-corrected chi connectivity index (χ0v) is 20.2. The summed E-state index contributed by atoms with van der Waals surface area (Å²) in [5.41, 5.74) is 6.29. The number of aromatic amines is 2. The molecule has 0 amide bonds. The molecule has 0 saturated heterocycles. The molecule has 0 bridgehead atoms. The molecule has 0 radical (unpaired) electrons. The molecule has 37 heavy (non-hydrogen) atoms. The number of halogens is 1. The number of rotatable bonds is 7. The third-order valence-corrected chi connectivity index (χ3v) is 5.96. The van der Waals surface area contributed by atoms with E-state index in [0.717, 1.165) is 28.8 Å². The average molecular weight is 495 g/mol. The lowest BCUT2D eigenvalue weighted by atomic mass is 10.1. The van der Waals surface area contributed by atoms with Crippen molar-refractivity contribution in [2.75, 3.05) is 27.2 Å². The SMILES string of the molecule is CN(C)CCOc1cc(F)cc(-c2nccc3[nH]c(-c4n[nH]c5ccc(-c6ccncc6)nc45)nc23)c1. The zero-order valence-electron chi connectivity index (χ0n) is 20.2. The fourth-order valence-electron chi connectivity index (χ4n) is 4.14. The van der Waals surface area contributed by atoms with Crippen LogP contribution in [-0.2, 0) is 0 Å². The van der Waals surface area contributed by atoms with Gasteiger partial charge >= 0.3 is 0 Å². The number of hydrogen-bond donors (Lipinski definition) is 2. The van der Waals surface area contributed by atoms with Crippen LogP contribution < -0.4 is 4.74 Å². The highest BCUT2D eigenvalue weighted by atomic mass is 19.1. The number of ether oxygens (including phenoxy) is 1. The number of nitrogens with one attached hydrogen (secondary N) is 2. The molecule has 10 heteroatoms. The maximum atomic E-state index is 14.5. The lowest BCUT2D eigenvalue weighted by Gasteiger charge is -2.12. The molecule has 5 heterocycles. The quantitative estimate of drug-likeness (QED) is 0.331. The summed E-state index contributed by atoms with van der Waals surface area (Å²) >= 11 is 0. The summed E-state index contributed by atoms with van der Waals surface area (Å²) in [7, 11) is 3.91. The first kappa shape index (κ1) is 22.7. The lowest BCUT2D eigenvalue weighted by molar-refractivity contribution is 0.260. The summed E-state index contributed by atoms with van der Waals surface area (Å²) in [5, 5.41) is 7.50. The third kappa shape index (κ3) is 4.50. The van der Waals surface area contributed by atoms with Crippen LogP contribution in [0.2, 0.25) is 0 Å². The van der Waals surface area contributed by atoms with Crippen LogP contribution in [0, 0.1) is 5.82 Å². The Morgan fingerprint density at radius 1 is 0.865 bits per heavy atom. The van der Waals surface area contributed by atoms with Crippen molar-refractivity contribution in [2.24, 2.45) is 0 Å². The van der Waals surface area contributed by atoms with Gasteiger partial charge in [0.25, 0.3) is 0 Å². The third-order valence-electron chi connectivity index (χ3n) is 5.96. The molecular formula is C27H23FN8O. The Morgan fingerprint density at radius 3 is 2.54 bits per heavy atom. The van der Waals surface area contributed by atoms with Gasteiger partial charge in [-0.25, -0.2) is 14.4 Å². The Labute approximate surface area is 211 Å². The number of nitrogens with zero attached hydrogens (tertiary/aromatic N) is 6. The maximum Gasteiger partial charge on any atom is 0.161 e. The normalized spacial score (nSPS) is 11.6. The first-order chi connectivity index (χ1) is 18.0. The minimum atomic E-state index is -0.405. The summed E-state index contributed by atoms with van der Waals surface area (Å²) in [4.78, 5) is 23.6. The van der Waals surface area contributed by atoms with E-state index in [1.165, 1.54) is 12.1 Å². The Kier molecular flexibility index (Phi) is 5.78. The van der Waals surface area contributed by atoms with Crippen LogP contribution >= 0.6 is 0 Å². The van der Waals surface area contributed by atoms with Crippen molar-refractivity contribution in [3.05, 3.63) is 72.9 Å². The molecule has 5 aromatic heterocycles. The van der Waals surface area contributed by atoms with E-state index in [0.29, 0.717) is 46.2 Å².